The molecule has 0 aliphatic rings. The summed E-state index contributed by atoms with van der Waals surface area (Å²) in [5, 5.41) is 10.9. The molecule has 8 heteroatoms. The van der Waals surface area contributed by atoms with Crippen LogP contribution in [0.4, 0.5) is 4.79 Å². The molecule has 0 aromatic carbocycles. The monoisotopic (exact) mass is 266 g/mol. The van der Waals surface area contributed by atoms with Crippen LogP contribution in [-0.2, 0) is 14.1 Å². The van der Waals surface area contributed by atoms with Gasteiger partial charge in [0, 0.05) is 6.42 Å². The van der Waals surface area contributed by atoms with Gasteiger partial charge in [-0.05, 0) is 25.3 Å². The topological polar surface area (TPSA) is 113 Å². The number of aliphatic carboxylic acids is 1. The highest BCUT2D eigenvalue weighted by Gasteiger charge is 2.26. The Morgan fingerprint density at radius 1 is 1.41 bits per heavy atom. The largest absolute Gasteiger partial charge is 0.505 e. The highest BCUT2D eigenvalue weighted by molar-refractivity contribution is 7.37. The Morgan fingerprint density at radius 2 is 1.94 bits per heavy atom. The van der Waals surface area contributed by atoms with E-state index in [4.69, 9.17) is 14.7 Å². The molecule has 98 valence electrons. The molecule has 0 heterocycles. The first-order chi connectivity index (χ1) is 7.61. The molecule has 0 aliphatic carbocycles. The third-order valence-corrected chi connectivity index (χ3v) is 2.24. The predicted octanol–water partition coefficient (Wildman–Crippen LogP) is 1.09. The van der Waals surface area contributed by atoms with Gasteiger partial charge in [0.25, 0.3) is 0 Å². The van der Waals surface area contributed by atoms with Crippen LogP contribution in [0, 0.1) is 0 Å². The van der Waals surface area contributed by atoms with E-state index < -0.39 is 31.7 Å². The lowest BCUT2D eigenvalue weighted by Crippen LogP contribution is -2.43. The summed E-state index contributed by atoms with van der Waals surface area (Å²) in [5.41, 5.74) is -0.727. The van der Waals surface area contributed by atoms with Crippen LogP contribution in [0.25, 0.3) is 0 Å². The van der Waals surface area contributed by atoms with E-state index in [1.54, 1.807) is 20.8 Å². The van der Waals surface area contributed by atoms with Crippen molar-refractivity contribution in [2.24, 2.45) is 0 Å². The zero-order chi connectivity index (χ0) is 13.6. The van der Waals surface area contributed by atoms with E-state index in [1.807, 2.05) is 0 Å². The fourth-order valence-electron chi connectivity index (χ4n) is 0.947. The summed E-state index contributed by atoms with van der Waals surface area (Å²) in [5.74, 6) is -1.27. The number of hydrogen-bond donors (Lipinski definition) is 3. The number of carbonyl (C=O) groups is 2. The maximum atomic E-state index is 11.3. The normalized spacial score (nSPS) is 13.8. The fourth-order valence-corrected chi connectivity index (χ4v) is 1.43. The second kappa shape index (κ2) is 6.51. The summed E-state index contributed by atoms with van der Waals surface area (Å²) < 4.78 is 15.3. The first-order valence-electron chi connectivity index (χ1n) is 4.97. The van der Waals surface area contributed by atoms with Crippen LogP contribution in [0.3, 0.4) is 0 Å². The summed E-state index contributed by atoms with van der Waals surface area (Å²) in [6.45, 7) is 4.94. The Kier molecular flexibility index (Phi) is 6.05. The average Bonchev–Trinajstić information content (AvgIpc) is 2.08. The van der Waals surface area contributed by atoms with Crippen molar-refractivity contribution in [1.82, 2.24) is 5.32 Å². The summed E-state index contributed by atoms with van der Waals surface area (Å²) >= 11 is 0. The van der Waals surface area contributed by atoms with Crippen LogP contribution in [0.1, 0.15) is 27.2 Å². The molecule has 0 spiro atoms. The van der Waals surface area contributed by atoms with Crippen molar-refractivity contribution in [3.63, 3.8) is 0 Å². The van der Waals surface area contributed by atoms with E-state index in [2.05, 4.69) is 5.32 Å². The number of carboxylic acids is 1. The van der Waals surface area contributed by atoms with Gasteiger partial charge in [0.1, 0.15) is 11.6 Å². The number of alkyl carbamates (subject to hydrolysis) is 1. The number of ether oxygens (including phenoxy) is 1. The lowest BCUT2D eigenvalue weighted by atomic mass is 10.2. The standard InChI is InChI=1S/C9H16NO6P/c1-9(2,3)16-8(13)10-6(7(11)12)4-5-17(14)15/h6H,4-5H2,1-3H3,(H2-,10,11,12,13,14,15)/p+1/t6-/m0/s1. The van der Waals surface area contributed by atoms with Gasteiger partial charge in [-0.2, -0.15) is 4.89 Å². The van der Waals surface area contributed by atoms with E-state index in [0.29, 0.717) is 0 Å². The molecule has 2 atom stereocenters. The molecule has 0 saturated carbocycles. The van der Waals surface area contributed by atoms with Crippen molar-refractivity contribution in [3.05, 3.63) is 0 Å². The van der Waals surface area contributed by atoms with Crippen molar-refractivity contribution in [2.45, 2.75) is 38.8 Å². The summed E-state index contributed by atoms with van der Waals surface area (Å²) in [4.78, 5) is 30.6. The molecule has 7 nitrogen and oxygen atoms in total. The van der Waals surface area contributed by atoms with Gasteiger partial charge in [-0.25, -0.2) is 9.59 Å². The van der Waals surface area contributed by atoms with Crippen molar-refractivity contribution in [1.29, 1.82) is 0 Å². The molecular weight excluding hydrogens is 249 g/mol. The molecule has 0 radical (unpaired) electrons. The first kappa shape index (κ1) is 15.8. The van der Waals surface area contributed by atoms with E-state index in [0.717, 1.165) is 0 Å². The summed E-state index contributed by atoms with van der Waals surface area (Å²) in [6, 6.07) is -1.23. The maximum Gasteiger partial charge on any atom is 0.505 e. The molecule has 0 aromatic heterocycles. The minimum atomic E-state index is -2.42. The molecule has 1 unspecified atom stereocenters. The highest BCUT2D eigenvalue weighted by Crippen LogP contribution is 2.15. The van der Waals surface area contributed by atoms with E-state index >= 15 is 0 Å². The Labute approximate surface area is 100 Å². The van der Waals surface area contributed by atoms with E-state index in [-0.39, 0.29) is 12.6 Å². The molecule has 0 aromatic rings. The van der Waals surface area contributed by atoms with Crippen LogP contribution >= 0.6 is 8.03 Å². The number of hydrogen-bond acceptors (Lipinski definition) is 4. The number of amides is 1. The third kappa shape index (κ3) is 8.59. The van der Waals surface area contributed by atoms with Gasteiger partial charge >= 0.3 is 20.1 Å². The quantitative estimate of drug-likeness (QED) is 0.642. The average molecular weight is 266 g/mol. The smallest absolute Gasteiger partial charge is 0.480 e. The second-order valence-electron chi connectivity index (χ2n) is 4.40. The Bertz CT molecular complexity index is 311. The minimum Gasteiger partial charge on any atom is -0.480 e. The predicted molar refractivity (Wildman–Crippen MR) is 60.1 cm³/mol. The van der Waals surface area contributed by atoms with Gasteiger partial charge in [-0.15, -0.1) is 0 Å². The van der Waals surface area contributed by atoms with Crippen molar-refractivity contribution in [3.8, 4) is 0 Å². The van der Waals surface area contributed by atoms with Gasteiger partial charge in [0.15, 0.2) is 6.16 Å². The van der Waals surface area contributed by atoms with E-state index in [1.165, 1.54) is 0 Å². The molecular formula is C9H17NO6P+. The third-order valence-electron chi connectivity index (χ3n) is 1.60. The van der Waals surface area contributed by atoms with Gasteiger partial charge < -0.3 is 15.2 Å². The van der Waals surface area contributed by atoms with Gasteiger partial charge in [-0.1, -0.05) is 0 Å². The first-order valence-corrected chi connectivity index (χ1v) is 6.37. The molecule has 3 N–H and O–H groups in total. The van der Waals surface area contributed by atoms with Gasteiger partial charge in [-0.3, -0.25) is 0 Å². The Hall–Kier alpha value is -1.20. The SMILES string of the molecule is CC(C)(C)OC(=O)N[C@@H](CC[P+](=O)O)C(=O)O. The molecule has 0 fully saturated rings. The van der Waals surface area contributed by atoms with Gasteiger partial charge in [0.2, 0.25) is 0 Å². The second-order valence-corrected chi connectivity index (χ2v) is 5.55. The molecule has 0 rings (SSSR count). The Balaban J connectivity index is 4.30. The maximum absolute atomic E-state index is 11.3. The number of nitrogens with one attached hydrogen (secondary N) is 1. The van der Waals surface area contributed by atoms with Crippen LogP contribution in [-0.4, -0.2) is 39.9 Å². The highest BCUT2D eigenvalue weighted by atomic mass is 31.1. The summed E-state index contributed by atoms with van der Waals surface area (Å²) in [6.07, 6.45) is -1.18. The van der Waals surface area contributed by atoms with Crippen LogP contribution < -0.4 is 5.32 Å². The van der Waals surface area contributed by atoms with Crippen molar-refractivity contribution in [2.75, 3.05) is 6.16 Å². The summed E-state index contributed by atoms with van der Waals surface area (Å²) in [7, 11) is -2.42. The number of rotatable bonds is 5. The molecule has 0 aliphatic heterocycles. The lowest BCUT2D eigenvalue weighted by Gasteiger charge is -2.21. The van der Waals surface area contributed by atoms with E-state index in [9.17, 15) is 14.2 Å². The van der Waals surface area contributed by atoms with Crippen molar-refractivity contribution < 1.29 is 28.9 Å². The lowest BCUT2D eigenvalue weighted by molar-refractivity contribution is -0.139. The van der Waals surface area contributed by atoms with Crippen molar-refractivity contribution >= 4 is 20.1 Å². The van der Waals surface area contributed by atoms with Gasteiger partial charge in [0.05, 0.1) is 0 Å². The number of carbonyl (C=O) groups excluding carboxylic acids is 1. The zero-order valence-electron chi connectivity index (χ0n) is 9.97. The molecule has 0 saturated heterocycles. The molecule has 17 heavy (non-hydrogen) atoms. The Morgan fingerprint density at radius 3 is 2.29 bits per heavy atom. The number of carboxylic acid groups (broad SMARTS) is 1. The zero-order valence-corrected chi connectivity index (χ0v) is 10.9. The molecule has 1 amide bonds. The van der Waals surface area contributed by atoms with Crippen LogP contribution in [0.2, 0.25) is 0 Å². The van der Waals surface area contributed by atoms with Crippen LogP contribution in [0.15, 0.2) is 0 Å². The minimum absolute atomic E-state index is 0.125. The fraction of sp³-hybridized carbons (Fsp3) is 0.778. The molecule has 0 bridgehead atoms. The van der Waals surface area contributed by atoms with Crippen LogP contribution in [0.5, 0.6) is 0 Å².